The van der Waals surface area contributed by atoms with Crippen LogP contribution in [-0.4, -0.2) is 20.8 Å². The summed E-state index contributed by atoms with van der Waals surface area (Å²) in [6, 6.07) is 4.06. The molecule has 1 aromatic heterocycles. The summed E-state index contributed by atoms with van der Waals surface area (Å²) in [6.07, 6.45) is 2.69. The molecule has 0 aliphatic heterocycles. The molecule has 0 amide bonds. The Hall–Kier alpha value is 0.0100. The van der Waals surface area contributed by atoms with Crippen LogP contribution in [0.3, 0.4) is 0 Å². The SMILES string of the molecule is O[PH](O)(O)CCCCc1cccs1. The van der Waals surface area contributed by atoms with Gasteiger partial charge in [-0.15, -0.1) is 0 Å². The van der Waals surface area contributed by atoms with Crippen LogP contribution in [-0.2, 0) is 6.42 Å². The molecule has 13 heavy (non-hydrogen) atoms. The van der Waals surface area contributed by atoms with Crippen LogP contribution in [0.2, 0.25) is 0 Å². The van der Waals surface area contributed by atoms with E-state index in [0.29, 0.717) is 6.42 Å². The maximum absolute atomic E-state index is 8.73. The van der Waals surface area contributed by atoms with Crippen molar-refractivity contribution in [1.82, 2.24) is 0 Å². The molecule has 0 atom stereocenters. The average Bonchev–Trinajstić information content (AvgIpc) is 2.48. The van der Waals surface area contributed by atoms with Gasteiger partial charge in [0.05, 0.1) is 0 Å². The van der Waals surface area contributed by atoms with E-state index in [-0.39, 0.29) is 6.16 Å². The van der Waals surface area contributed by atoms with Gasteiger partial charge in [-0.3, -0.25) is 0 Å². The number of thiophene rings is 1. The number of rotatable bonds is 5. The summed E-state index contributed by atoms with van der Waals surface area (Å²) in [4.78, 5) is 27.5. The van der Waals surface area contributed by atoms with Crippen LogP contribution < -0.4 is 0 Å². The molecule has 76 valence electrons. The molecule has 0 spiro atoms. The minimum atomic E-state index is -3.78. The second-order valence-corrected chi connectivity index (χ2v) is 6.14. The summed E-state index contributed by atoms with van der Waals surface area (Å²) in [6.45, 7) is 0. The Labute approximate surface area is 82.3 Å². The van der Waals surface area contributed by atoms with Crippen LogP contribution in [0, 0.1) is 0 Å². The van der Waals surface area contributed by atoms with Gasteiger partial charge in [0.15, 0.2) is 0 Å². The number of hydrogen-bond acceptors (Lipinski definition) is 4. The van der Waals surface area contributed by atoms with E-state index >= 15 is 0 Å². The predicted molar refractivity (Wildman–Crippen MR) is 57.1 cm³/mol. The van der Waals surface area contributed by atoms with Gasteiger partial charge >= 0.3 is 81.8 Å². The molecule has 0 aliphatic carbocycles. The zero-order chi connectivity index (χ0) is 9.73. The molecule has 0 saturated carbocycles. The molecule has 1 aromatic rings. The molecule has 0 aliphatic rings. The van der Waals surface area contributed by atoms with Crippen LogP contribution in [0.15, 0.2) is 17.5 Å². The van der Waals surface area contributed by atoms with E-state index < -0.39 is 7.94 Å². The van der Waals surface area contributed by atoms with Crippen LogP contribution in [0.1, 0.15) is 17.7 Å². The molecule has 0 saturated heterocycles. The fourth-order valence-corrected chi connectivity index (χ4v) is 2.59. The van der Waals surface area contributed by atoms with Crippen molar-refractivity contribution in [3.63, 3.8) is 0 Å². The van der Waals surface area contributed by atoms with Crippen molar-refractivity contribution in [1.29, 1.82) is 0 Å². The fourth-order valence-electron chi connectivity index (χ4n) is 1.12. The Kier molecular flexibility index (Phi) is 4.29. The second-order valence-electron chi connectivity index (χ2n) is 3.06. The predicted octanol–water partition coefficient (Wildman–Crippen LogP) is 1.54. The monoisotopic (exact) mass is 222 g/mol. The molecule has 0 unspecified atom stereocenters. The van der Waals surface area contributed by atoms with E-state index in [4.69, 9.17) is 14.7 Å². The van der Waals surface area contributed by atoms with Crippen LogP contribution in [0.25, 0.3) is 0 Å². The Morgan fingerprint density at radius 1 is 1.23 bits per heavy atom. The first kappa shape index (κ1) is 11.1. The van der Waals surface area contributed by atoms with Gasteiger partial charge in [-0.2, -0.15) is 0 Å². The van der Waals surface area contributed by atoms with Crippen molar-refractivity contribution in [3.8, 4) is 0 Å². The molecule has 1 rings (SSSR count). The van der Waals surface area contributed by atoms with Crippen molar-refractivity contribution in [2.24, 2.45) is 0 Å². The van der Waals surface area contributed by atoms with E-state index in [1.54, 1.807) is 11.3 Å². The summed E-state index contributed by atoms with van der Waals surface area (Å²) < 4.78 is 0. The van der Waals surface area contributed by atoms with E-state index in [0.717, 1.165) is 12.8 Å². The Morgan fingerprint density at radius 2 is 2.00 bits per heavy atom. The third kappa shape index (κ3) is 5.34. The van der Waals surface area contributed by atoms with Gasteiger partial charge < -0.3 is 0 Å². The zero-order valence-electron chi connectivity index (χ0n) is 7.31. The normalized spacial score (nSPS) is 13.2. The van der Waals surface area contributed by atoms with E-state index in [1.807, 2.05) is 11.4 Å². The molecular weight excluding hydrogens is 207 g/mol. The van der Waals surface area contributed by atoms with Gasteiger partial charge in [-0.1, -0.05) is 0 Å². The minimum absolute atomic E-state index is 0.151. The van der Waals surface area contributed by atoms with Crippen molar-refractivity contribution in [3.05, 3.63) is 22.4 Å². The fraction of sp³-hybridized carbons (Fsp3) is 0.500. The molecular formula is C8H15O3PS. The van der Waals surface area contributed by atoms with Crippen molar-refractivity contribution in [2.45, 2.75) is 19.3 Å². The summed E-state index contributed by atoms with van der Waals surface area (Å²) in [5.74, 6) is 0. The van der Waals surface area contributed by atoms with Gasteiger partial charge in [0.25, 0.3) is 0 Å². The van der Waals surface area contributed by atoms with Crippen molar-refractivity contribution >= 4 is 19.3 Å². The summed E-state index contributed by atoms with van der Waals surface area (Å²) >= 11 is 1.70. The van der Waals surface area contributed by atoms with Gasteiger partial charge in [0.1, 0.15) is 0 Å². The first-order valence-corrected chi connectivity index (χ1v) is 7.20. The number of unbranched alkanes of at least 4 members (excludes halogenated alkanes) is 1. The van der Waals surface area contributed by atoms with Gasteiger partial charge in [0.2, 0.25) is 0 Å². The average molecular weight is 222 g/mol. The van der Waals surface area contributed by atoms with Gasteiger partial charge in [-0.25, -0.2) is 0 Å². The first-order chi connectivity index (χ1) is 6.08. The molecule has 3 N–H and O–H groups in total. The summed E-state index contributed by atoms with van der Waals surface area (Å²) in [5, 5.41) is 2.03. The van der Waals surface area contributed by atoms with E-state index in [1.165, 1.54) is 4.88 Å². The topological polar surface area (TPSA) is 60.7 Å². The van der Waals surface area contributed by atoms with Crippen LogP contribution in [0.5, 0.6) is 0 Å². The Balaban J connectivity index is 2.09. The first-order valence-electron chi connectivity index (χ1n) is 4.27. The van der Waals surface area contributed by atoms with Crippen LogP contribution in [0.4, 0.5) is 0 Å². The van der Waals surface area contributed by atoms with Crippen molar-refractivity contribution in [2.75, 3.05) is 6.16 Å². The summed E-state index contributed by atoms with van der Waals surface area (Å²) in [7, 11) is -3.78. The van der Waals surface area contributed by atoms with Crippen LogP contribution >= 0.6 is 19.3 Å². The zero-order valence-corrected chi connectivity index (χ0v) is 9.13. The molecule has 1 heterocycles. The van der Waals surface area contributed by atoms with E-state index in [9.17, 15) is 0 Å². The Morgan fingerprint density at radius 3 is 2.54 bits per heavy atom. The molecule has 0 radical (unpaired) electrons. The van der Waals surface area contributed by atoms with Gasteiger partial charge in [0, 0.05) is 0 Å². The second kappa shape index (κ2) is 5.03. The maximum atomic E-state index is 8.73. The number of hydrogen-bond donors (Lipinski definition) is 3. The molecule has 3 nitrogen and oxygen atoms in total. The standard InChI is InChI=1S/C8H15O3PS/c9-12(10,11)6-2-1-4-8-5-3-7-13-8/h3,5,7,9-12H,1-2,4,6H2. The number of aryl methyl sites for hydroxylation is 1. The van der Waals surface area contributed by atoms with Gasteiger partial charge in [-0.05, 0) is 0 Å². The molecule has 0 bridgehead atoms. The molecule has 0 fully saturated rings. The molecule has 5 heteroatoms. The Bertz CT molecular complexity index is 230. The third-order valence-electron chi connectivity index (χ3n) is 1.77. The van der Waals surface area contributed by atoms with Crippen molar-refractivity contribution < 1.29 is 14.7 Å². The quantitative estimate of drug-likeness (QED) is 0.523. The van der Waals surface area contributed by atoms with E-state index in [2.05, 4.69) is 6.07 Å². The third-order valence-corrected chi connectivity index (χ3v) is 3.73. The molecule has 0 aromatic carbocycles. The summed E-state index contributed by atoms with van der Waals surface area (Å²) in [5.41, 5.74) is 0.